The molecule has 0 aliphatic rings. The summed E-state index contributed by atoms with van der Waals surface area (Å²) in [6.07, 6.45) is 0. The molecule has 0 amide bonds. The van der Waals surface area contributed by atoms with Crippen LogP contribution in [0.25, 0.3) is 0 Å². The van der Waals surface area contributed by atoms with Crippen molar-refractivity contribution in [1.29, 1.82) is 0 Å². The van der Waals surface area contributed by atoms with E-state index < -0.39 is 0 Å². The van der Waals surface area contributed by atoms with E-state index in [0.29, 0.717) is 21.6 Å². The molecule has 0 saturated heterocycles. The van der Waals surface area contributed by atoms with Gasteiger partial charge in [0.25, 0.3) is 0 Å². The van der Waals surface area contributed by atoms with Crippen LogP contribution in [0.3, 0.4) is 0 Å². The third kappa shape index (κ3) is 3.22. The molecule has 0 atom stereocenters. The van der Waals surface area contributed by atoms with Crippen molar-refractivity contribution in [2.24, 2.45) is 10.7 Å². The van der Waals surface area contributed by atoms with Crippen LogP contribution >= 0.6 is 50.5 Å². The maximum atomic E-state index is 6.01. The first-order valence-corrected chi connectivity index (χ1v) is 6.98. The Labute approximate surface area is 121 Å². The molecule has 17 heavy (non-hydrogen) atoms. The van der Waals surface area contributed by atoms with Gasteiger partial charge in [-0.15, -0.1) is 11.3 Å². The van der Waals surface area contributed by atoms with E-state index in [1.54, 1.807) is 18.2 Å². The largest absolute Gasteiger partial charge is 0.383 e. The van der Waals surface area contributed by atoms with Crippen LogP contribution in [0, 0.1) is 0 Å². The van der Waals surface area contributed by atoms with Crippen molar-refractivity contribution in [1.82, 2.24) is 0 Å². The smallest absolute Gasteiger partial charge is 0.141 e. The molecule has 0 fully saturated rings. The Hall–Kier alpha value is -0.550. The third-order valence-corrected chi connectivity index (χ3v) is 4.18. The van der Waals surface area contributed by atoms with E-state index in [9.17, 15) is 0 Å². The molecule has 0 spiro atoms. The fourth-order valence-electron chi connectivity index (χ4n) is 1.21. The van der Waals surface area contributed by atoms with E-state index in [-0.39, 0.29) is 0 Å². The molecule has 0 unspecified atom stereocenters. The van der Waals surface area contributed by atoms with Crippen molar-refractivity contribution in [3.8, 4) is 0 Å². The molecular weight excluding hydrogens is 343 g/mol. The fraction of sp³-hybridized carbons (Fsp3) is 0. The quantitative estimate of drug-likeness (QED) is 0.610. The molecule has 2 nitrogen and oxygen atoms in total. The fourth-order valence-corrected chi connectivity index (χ4v) is 2.82. The summed E-state index contributed by atoms with van der Waals surface area (Å²) in [5.41, 5.74) is 6.47. The second-order valence-electron chi connectivity index (χ2n) is 3.20. The molecule has 0 radical (unpaired) electrons. The molecule has 2 aromatic rings. The van der Waals surface area contributed by atoms with Gasteiger partial charge in [0, 0.05) is 5.02 Å². The summed E-state index contributed by atoms with van der Waals surface area (Å²) in [5.74, 6) is 0.421. The second-order valence-corrected chi connectivity index (χ2v) is 6.50. The highest BCUT2D eigenvalue weighted by molar-refractivity contribution is 9.11. The number of hydrogen-bond donors (Lipinski definition) is 1. The molecule has 2 N–H and O–H groups in total. The summed E-state index contributed by atoms with van der Waals surface area (Å²) >= 11 is 16.8. The number of nitrogens with zero attached hydrogens (tertiary/aromatic N) is 1. The van der Waals surface area contributed by atoms with E-state index in [0.717, 1.165) is 8.66 Å². The first-order chi connectivity index (χ1) is 8.06. The van der Waals surface area contributed by atoms with E-state index in [1.807, 2.05) is 12.1 Å². The lowest BCUT2D eigenvalue weighted by molar-refractivity contribution is 1.47. The zero-order valence-corrected chi connectivity index (χ0v) is 12.4. The van der Waals surface area contributed by atoms with Gasteiger partial charge >= 0.3 is 0 Å². The molecular formula is C11H7BrCl2N2S. The average molecular weight is 350 g/mol. The molecule has 0 aliphatic carbocycles. The summed E-state index contributed by atoms with van der Waals surface area (Å²) in [6.45, 7) is 0. The van der Waals surface area contributed by atoms with Gasteiger partial charge in [-0.2, -0.15) is 0 Å². The Bertz CT molecular complexity index is 581. The Balaban J connectivity index is 2.38. The van der Waals surface area contributed by atoms with Gasteiger partial charge in [0.2, 0.25) is 0 Å². The lowest BCUT2D eigenvalue weighted by atomic mass is 10.3. The highest BCUT2D eigenvalue weighted by Crippen LogP contribution is 2.29. The molecule has 0 aliphatic heterocycles. The number of amidine groups is 1. The Morgan fingerprint density at radius 3 is 2.65 bits per heavy atom. The SMILES string of the molecule is NC(=Nc1cc(Cl)ccc1Cl)c1ccc(Br)s1. The predicted molar refractivity (Wildman–Crippen MR) is 78.9 cm³/mol. The minimum atomic E-state index is 0.421. The van der Waals surface area contributed by atoms with Gasteiger partial charge in [-0.05, 0) is 46.3 Å². The summed E-state index contributed by atoms with van der Waals surface area (Å²) in [4.78, 5) is 5.15. The van der Waals surface area contributed by atoms with E-state index in [4.69, 9.17) is 28.9 Å². The molecule has 1 aromatic heterocycles. The Morgan fingerprint density at radius 1 is 1.24 bits per heavy atom. The molecule has 1 aromatic carbocycles. The number of thiophene rings is 1. The average Bonchev–Trinajstić information content (AvgIpc) is 2.70. The van der Waals surface area contributed by atoms with E-state index in [1.165, 1.54) is 11.3 Å². The summed E-state index contributed by atoms with van der Waals surface area (Å²) in [6, 6.07) is 8.90. The maximum Gasteiger partial charge on any atom is 0.141 e. The second kappa shape index (κ2) is 5.40. The van der Waals surface area contributed by atoms with Crippen molar-refractivity contribution < 1.29 is 0 Å². The van der Waals surface area contributed by atoms with Crippen molar-refractivity contribution in [3.63, 3.8) is 0 Å². The highest BCUT2D eigenvalue weighted by Gasteiger charge is 2.05. The zero-order chi connectivity index (χ0) is 12.4. The van der Waals surface area contributed by atoms with Crippen LogP contribution in [0.2, 0.25) is 10.0 Å². The lowest BCUT2D eigenvalue weighted by Gasteiger charge is -2.01. The Morgan fingerprint density at radius 2 is 2.00 bits per heavy atom. The number of nitrogens with two attached hydrogens (primary N) is 1. The van der Waals surface area contributed by atoms with Gasteiger partial charge < -0.3 is 5.73 Å². The van der Waals surface area contributed by atoms with Crippen LogP contribution in [0.5, 0.6) is 0 Å². The van der Waals surface area contributed by atoms with Crippen molar-refractivity contribution in [2.75, 3.05) is 0 Å². The summed E-state index contributed by atoms with van der Waals surface area (Å²) < 4.78 is 1.00. The van der Waals surface area contributed by atoms with Gasteiger partial charge in [-0.25, -0.2) is 4.99 Å². The number of benzene rings is 1. The molecule has 6 heteroatoms. The van der Waals surface area contributed by atoms with Gasteiger partial charge in [0.05, 0.1) is 19.4 Å². The number of aliphatic imine (C=N–C) groups is 1. The topological polar surface area (TPSA) is 38.4 Å². The van der Waals surface area contributed by atoms with E-state index >= 15 is 0 Å². The number of rotatable bonds is 2. The standard InChI is InChI=1S/C11H7BrCl2N2S/c12-10-4-3-9(17-10)11(15)16-8-5-6(13)1-2-7(8)14/h1-5H,(H2,15,16). The van der Waals surface area contributed by atoms with Crippen LogP contribution in [0.15, 0.2) is 39.1 Å². The summed E-state index contributed by atoms with van der Waals surface area (Å²) in [5, 5.41) is 1.10. The molecule has 2 rings (SSSR count). The van der Waals surface area contributed by atoms with Crippen molar-refractivity contribution in [3.05, 3.63) is 49.0 Å². The highest BCUT2D eigenvalue weighted by atomic mass is 79.9. The van der Waals surface area contributed by atoms with Crippen LogP contribution in [-0.2, 0) is 0 Å². The van der Waals surface area contributed by atoms with Gasteiger partial charge in [-0.1, -0.05) is 23.2 Å². The minimum absolute atomic E-state index is 0.421. The normalized spacial score (nSPS) is 11.8. The zero-order valence-electron chi connectivity index (χ0n) is 8.45. The number of hydrogen-bond acceptors (Lipinski definition) is 2. The number of halogens is 3. The molecule has 0 saturated carbocycles. The maximum absolute atomic E-state index is 6.01. The van der Waals surface area contributed by atoms with Crippen LogP contribution < -0.4 is 5.73 Å². The summed E-state index contributed by atoms with van der Waals surface area (Å²) in [7, 11) is 0. The predicted octanol–water partition coefficient (Wildman–Crippen LogP) is 4.85. The van der Waals surface area contributed by atoms with Crippen molar-refractivity contribution >= 4 is 62.0 Å². The molecule has 88 valence electrons. The first kappa shape index (κ1) is 12.9. The first-order valence-electron chi connectivity index (χ1n) is 4.61. The minimum Gasteiger partial charge on any atom is -0.383 e. The van der Waals surface area contributed by atoms with Crippen LogP contribution in [-0.4, -0.2) is 5.84 Å². The van der Waals surface area contributed by atoms with Crippen LogP contribution in [0.1, 0.15) is 4.88 Å². The molecule has 1 heterocycles. The van der Waals surface area contributed by atoms with Gasteiger partial charge in [-0.3, -0.25) is 0 Å². The van der Waals surface area contributed by atoms with Crippen molar-refractivity contribution in [2.45, 2.75) is 0 Å². The van der Waals surface area contributed by atoms with E-state index in [2.05, 4.69) is 20.9 Å². The van der Waals surface area contributed by atoms with Gasteiger partial charge in [0.15, 0.2) is 0 Å². The third-order valence-electron chi connectivity index (χ3n) is 1.97. The molecule has 0 bridgehead atoms. The Kier molecular flexibility index (Phi) is 4.09. The van der Waals surface area contributed by atoms with Gasteiger partial charge in [0.1, 0.15) is 5.84 Å². The lowest BCUT2D eigenvalue weighted by Crippen LogP contribution is -2.10. The monoisotopic (exact) mass is 348 g/mol. The van der Waals surface area contributed by atoms with Crippen LogP contribution in [0.4, 0.5) is 5.69 Å².